The Labute approximate surface area is 278 Å². The minimum absolute atomic E-state index is 0.706. The van der Waals surface area contributed by atoms with Crippen LogP contribution in [-0.4, -0.2) is 19.9 Å². The zero-order valence-corrected chi connectivity index (χ0v) is 26.0. The van der Waals surface area contributed by atoms with Crippen LogP contribution in [-0.2, 0) is 0 Å². The summed E-state index contributed by atoms with van der Waals surface area (Å²) in [5, 5.41) is 3.14. The third kappa shape index (κ3) is 4.97. The molecule has 3 heterocycles. The van der Waals surface area contributed by atoms with Crippen molar-refractivity contribution in [2.24, 2.45) is 0 Å². The molecule has 0 fully saturated rings. The first-order chi connectivity index (χ1) is 23.8. The van der Waals surface area contributed by atoms with Crippen LogP contribution in [0.5, 0.6) is 0 Å². The monoisotopic (exact) mass is 612 g/mol. The van der Waals surface area contributed by atoms with Gasteiger partial charge in [0, 0.05) is 38.4 Å². The van der Waals surface area contributed by atoms with Crippen molar-refractivity contribution in [3.8, 4) is 56.3 Å². The molecule has 3 aromatic heterocycles. The van der Waals surface area contributed by atoms with E-state index in [1.807, 2.05) is 54.6 Å². The number of benzene rings is 6. The van der Waals surface area contributed by atoms with Gasteiger partial charge in [0.15, 0.2) is 5.82 Å². The van der Waals surface area contributed by atoms with Crippen LogP contribution in [0, 0.1) is 0 Å². The average molecular weight is 613 g/mol. The van der Waals surface area contributed by atoms with Crippen molar-refractivity contribution in [1.29, 1.82) is 0 Å². The van der Waals surface area contributed by atoms with Crippen molar-refractivity contribution in [3.63, 3.8) is 0 Å². The largest absolute Gasteiger partial charge is 0.245 e. The Morgan fingerprint density at radius 3 is 1.56 bits per heavy atom. The molecule has 0 saturated carbocycles. The van der Waals surface area contributed by atoms with Gasteiger partial charge in [0.05, 0.1) is 33.6 Å². The van der Waals surface area contributed by atoms with E-state index >= 15 is 0 Å². The molecule has 6 aromatic carbocycles. The number of fused-ring (bicyclic) bond motifs is 4. The molecule has 0 radical (unpaired) electrons. The maximum atomic E-state index is 5.28. The molecule has 4 nitrogen and oxygen atoms in total. The molecule has 9 rings (SSSR count). The Bertz CT molecular complexity index is 2600. The molecule has 0 bridgehead atoms. The molecule has 0 saturated heterocycles. The average Bonchev–Trinajstić information content (AvgIpc) is 3.18. The van der Waals surface area contributed by atoms with Crippen LogP contribution < -0.4 is 0 Å². The second kappa shape index (κ2) is 11.7. The summed E-state index contributed by atoms with van der Waals surface area (Å²) in [6.45, 7) is 0. The fourth-order valence-electron chi connectivity index (χ4n) is 6.48. The van der Waals surface area contributed by atoms with Crippen LogP contribution in [0.15, 0.2) is 170 Å². The van der Waals surface area contributed by atoms with Gasteiger partial charge in [-0.15, -0.1) is 0 Å². The maximum absolute atomic E-state index is 5.28. The van der Waals surface area contributed by atoms with Crippen LogP contribution in [0.25, 0.3) is 89.0 Å². The quantitative estimate of drug-likeness (QED) is 0.181. The molecule has 0 aliphatic heterocycles. The SMILES string of the molecule is c1ccc(-c2ccc3ccc4ccc(-c5ccccc5-c5ccc6c(-c7ccccc7)nc(-c7ccccc7)nc6c5)nc4c3n2)cc1. The first kappa shape index (κ1) is 27.8. The molecule has 0 unspecified atom stereocenters. The summed E-state index contributed by atoms with van der Waals surface area (Å²) < 4.78 is 0. The molecule has 224 valence electrons. The van der Waals surface area contributed by atoms with Crippen molar-refractivity contribution in [1.82, 2.24) is 19.9 Å². The van der Waals surface area contributed by atoms with Gasteiger partial charge < -0.3 is 0 Å². The normalized spacial score (nSPS) is 11.3. The summed E-state index contributed by atoms with van der Waals surface area (Å²) >= 11 is 0. The Hall–Kier alpha value is -6.52. The fourth-order valence-corrected chi connectivity index (χ4v) is 6.48. The molecular weight excluding hydrogens is 585 g/mol. The van der Waals surface area contributed by atoms with E-state index in [1.165, 1.54) is 0 Å². The van der Waals surface area contributed by atoms with Crippen molar-refractivity contribution in [2.75, 3.05) is 0 Å². The lowest BCUT2D eigenvalue weighted by atomic mass is 9.95. The topological polar surface area (TPSA) is 51.6 Å². The van der Waals surface area contributed by atoms with Gasteiger partial charge in [0.1, 0.15) is 0 Å². The minimum Gasteiger partial charge on any atom is -0.245 e. The van der Waals surface area contributed by atoms with E-state index < -0.39 is 0 Å². The van der Waals surface area contributed by atoms with Crippen LogP contribution in [0.3, 0.4) is 0 Å². The number of nitrogens with zero attached hydrogens (tertiary/aromatic N) is 4. The lowest BCUT2D eigenvalue weighted by Gasteiger charge is -2.14. The van der Waals surface area contributed by atoms with Gasteiger partial charge in [-0.25, -0.2) is 19.9 Å². The highest BCUT2D eigenvalue weighted by Crippen LogP contribution is 2.37. The van der Waals surface area contributed by atoms with E-state index in [0.717, 1.165) is 83.2 Å². The smallest absolute Gasteiger partial charge is 0.160 e. The summed E-state index contributed by atoms with van der Waals surface area (Å²) in [7, 11) is 0. The minimum atomic E-state index is 0.706. The molecule has 9 aromatic rings. The first-order valence-electron chi connectivity index (χ1n) is 16.1. The highest BCUT2D eigenvalue weighted by Gasteiger charge is 2.15. The fraction of sp³-hybridized carbons (Fsp3) is 0. The second-order valence-corrected chi connectivity index (χ2v) is 11.9. The number of aromatic nitrogens is 4. The molecule has 0 atom stereocenters. The van der Waals surface area contributed by atoms with Crippen molar-refractivity contribution in [2.45, 2.75) is 0 Å². The Balaban J connectivity index is 1.20. The number of rotatable bonds is 5. The van der Waals surface area contributed by atoms with Gasteiger partial charge >= 0.3 is 0 Å². The van der Waals surface area contributed by atoms with E-state index in [1.54, 1.807) is 0 Å². The number of hydrogen-bond acceptors (Lipinski definition) is 4. The van der Waals surface area contributed by atoms with Crippen molar-refractivity contribution in [3.05, 3.63) is 170 Å². The van der Waals surface area contributed by atoms with E-state index in [2.05, 4.69) is 115 Å². The molecular formula is C44H28N4. The Morgan fingerprint density at radius 1 is 0.333 bits per heavy atom. The third-order valence-corrected chi connectivity index (χ3v) is 8.88. The van der Waals surface area contributed by atoms with Crippen LogP contribution in [0.2, 0.25) is 0 Å². The van der Waals surface area contributed by atoms with Gasteiger partial charge in [0.2, 0.25) is 0 Å². The lowest BCUT2D eigenvalue weighted by molar-refractivity contribution is 1.23. The third-order valence-electron chi connectivity index (χ3n) is 8.88. The highest BCUT2D eigenvalue weighted by atomic mass is 14.9. The summed E-state index contributed by atoms with van der Waals surface area (Å²) in [4.78, 5) is 20.5. The maximum Gasteiger partial charge on any atom is 0.160 e. The van der Waals surface area contributed by atoms with Gasteiger partial charge in [-0.05, 0) is 35.4 Å². The molecule has 0 spiro atoms. The van der Waals surface area contributed by atoms with E-state index in [0.29, 0.717) is 5.82 Å². The van der Waals surface area contributed by atoms with Gasteiger partial charge in [-0.3, -0.25) is 0 Å². The Morgan fingerprint density at radius 2 is 0.875 bits per heavy atom. The number of hydrogen-bond donors (Lipinski definition) is 0. The molecule has 0 amide bonds. The molecule has 0 aliphatic carbocycles. The second-order valence-electron chi connectivity index (χ2n) is 11.9. The molecule has 48 heavy (non-hydrogen) atoms. The Kier molecular flexibility index (Phi) is 6.76. The number of pyridine rings is 2. The first-order valence-corrected chi connectivity index (χ1v) is 16.1. The van der Waals surface area contributed by atoms with Crippen molar-refractivity contribution >= 4 is 32.7 Å². The summed E-state index contributed by atoms with van der Waals surface area (Å²) in [5.41, 5.74) is 11.8. The predicted octanol–water partition coefficient (Wildman–Crippen LogP) is 11.1. The van der Waals surface area contributed by atoms with Crippen molar-refractivity contribution < 1.29 is 0 Å². The van der Waals surface area contributed by atoms with Crippen LogP contribution >= 0.6 is 0 Å². The summed E-state index contributed by atoms with van der Waals surface area (Å²) in [6, 6.07) is 58.5. The highest BCUT2D eigenvalue weighted by molar-refractivity contribution is 6.04. The van der Waals surface area contributed by atoms with Crippen LogP contribution in [0.1, 0.15) is 0 Å². The van der Waals surface area contributed by atoms with Gasteiger partial charge in [-0.1, -0.05) is 146 Å². The molecule has 4 heteroatoms. The summed E-state index contributed by atoms with van der Waals surface area (Å²) in [6.07, 6.45) is 0. The van der Waals surface area contributed by atoms with Gasteiger partial charge in [-0.2, -0.15) is 0 Å². The summed E-state index contributed by atoms with van der Waals surface area (Å²) in [5.74, 6) is 0.706. The van der Waals surface area contributed by atoms with E-state index in [-0.39, 0.29) is 0 Å². The zero-order chi connectivity index (χ0) is 31.9. The molecule has 0 aliphatic rings. The van der Waals surface area contributed by atoms with E-state index in [9.17, 15) is 0 Å². The zero-order valence-electron chi connectivity index (χ0n) is 26.0. The lowest BCUT2D eigenvalue weighted by Crippen LogP contribution is -1.96. The van der Waals surface area contributed by atoms with Crippen LogP contribution in [0.4, 0.5) is 0 Å². The predicted molar refractivity (Wildman–Crippen MR) is 197 cm³/mol. The molecule has 0 N–H and O–H groups in total. The standard InChI is InChI=1S/C44H28N4/c1-4-12-29(13-5-1)38-26-23-31-20-21-32-24-27-39(46-43(32)42(31)45-38)36-19-11-10-18-35(36)34-22-25-37-40(28-34)47-44(33-16-8-3-9-17-33)48-41(37)30-14-6-2-7-15-30/h1-28H. The van der Waals surface area contributed by atoms with E-state index in [4.69, 9.17) is 19.9 Å². The van der Waals surface area contributed by atoms with Gasteiger partial charge in [0.25, 0.3) is 0 Å².